The number of fused-ring (bicyclic) bond motifs is 3. The molecule has 1 amide bonds. The summed E-state index contributed by atoms with van der Waals surface area (Å²) in [6.07, 6.45) is 3.06. The van der Waals surface area contributed by atoms with Gasteiger partial charge >= 0.3 is 0 Å². The predicted molar refractivity (Wildman–Crippen MR) is 99.5 cm³/mol. The molecule has 0 spiro atoms. The number of nitrogens with two attached hydrogens (primary N) is 1. The van der Waals surface area contributed by atoms with E-state index in [0.717, 1.165) is 10.9 Å². The molecule has 0 unspecified atom stereocenters. The second kappa shape index (κ2) is 5.96. The molecule has 0 saturated carbocycles. The molecule has 0 aliphatic rings. The van der Waals surface area contributed by atoms with Gasteiger partial charge in [0.25, 0.3) is 5.56 Å². The molecule has 4 aromatic rings. The molecule has 0 saturated heterocycles. The molecule has 0 aliphatic heterocycles. The highest BCUT2D eigenvalue weighted by Crippen LogP contribution is 2.30. The Bertz CT molecular complexity index is 1230. The zero-order valence-corrected chi connectivity index (χ0v) is 14.6. The first kappa shape index (κ1) is 16.3. The van der Waals surface area contributed by atoms with Gasteiger partial charge in [0.05, 0.1) is 23.3 Å². The quantitative estimate of drug-likeness (QED) is 0.598. The molecule has 0 fully saturated rings. The third-order valence-electron chi connectivity index (χ3n) is 4.32. The number of carbonyl (C=O) groups is 1. The SMILES string of the molecule is Cn1c2cc(Cl)ccc2c2c(CC(N)=O)nn(-c3ccncc3)c(=O)c21. The van der Waals surface area contributed by atoms with E-state index < -0.39 is 5.91 Å². The highest BCUT2D eigenvalue weighted by molar-refractivity contribution is 6.31. The minimum atomic E-state index is -0.523. The number of hydrogen-bond acceptors (Lipinski definition) is 4. The molecule has 0 radical (unpaired) electrons. The summed E-state index contributed by atoms with van der Waals surface area (Å²) >= 11 is 6.12. The van der Waals surface area contributed by atoms with Gasteiger partial charge in [-0.2, -0.15) is 9.78 Å². The van der Waals surface area contributed by atoms with Gasteiger partial charge in [-0.1, -0.05) is 17.7 Å². The summed E-state index contributed by atoms with van der Waals surface area (Å²) in [7, 11) is 1.79. The highest BCUT2D eigenvalue weighted by Gasteiger charge is 2.20. The molecule has 4 rings (SSSR count). The van der Waals surface area contributed by atoms with Crippen LogP contribution >= 0.6 is 11.6 Å². The van der Waals surface area contributed by atoms with Gasteiger partial charge in [0.2, 0.25) is 5.91 Å². The number of carbonyl (C=O) groups excluding carboxylic acids is 1. The maximum Gasteiger partial charge on any atom is 0.296 e. The average molecular weight is 368 g/mol. The van der Waals surface area contributed by atoms with Crippen LogP contribution in [0.25, 0.3) is 27.5 Å². The Hall–Kier alpha value is -3.19. The molecule has 8 heteroatoms. The van der Waals surface area contributed by atoms with Gasteiger partial charge in [-0.3, -0.25) is 14.6 Å². The second-order valence-electron chi connectivity index (χ2n) is 5.96. The maximum absolute atomic E-state index is 13.2. The monoisotopic (exact) mass is 367 g/mol. The van der Waals surface area contributed by atoms with Crippen molar-refractivity contribution < 1.29 is 4.79 Å². The number of aryl methyl sites for hydroxylation is 1. The van der Waals surface area contributed by atoms with Crippen LogP contribution in [0.4, 0.5) is 0 Å². The number of nitrogens with zero attached hydrogens (tertiary/aromatic N) is 4. The van der Waals surface area contributed by atoms with Crippen molar-refractivity contribution in [3.05, 3.63) is 63.8 Å². The van der Waals surface area contributed by atoms with E-state index in [4.69, 9.17) is 17.3 Å². The summed E-state index contributed by atoms with van der Waals surface area (Å²) in [6.45, 7) is 0. The Kier molecular flexibility index (Phi) is 3.73. The lowest BCUT2D eigenvalue weighted by Crippen LogP contribution is -2.26. The molecule has 1 aromatic carbocycles. The lowest BCUT2D eigenvalue weighted by Gasteiger charge is -2.09. The lowest BCUT2D eigenvalue weighted by atomic mass is 10.1. The van der Waals surface area contributed by atoms with Gasteiger partial charge in [-0.15, -0.1) is 0 Å². The van der Waals surface area contributed by atoms with Crippen LogP contribution in [0.2, 0.25) is 5.02 Å². The summed E-state index contributed by atoms with van der Waals surface area (Å²) < 4.78 is 3.03. The predicted octanol–water partition coefficient (Wildman–Crippen LogP) is 1.95. The molecule has 0 aliphatic carbocycles. The van der Waals surface area contributed by atoms with E-state index in [1.807, 2.05) is 6.07 Å². The van der Waals surface area contributed by atoms with Crippen molar-refractivity contribution >= 4 is 39.3 Å². The smallest absolute Gasteiger partial charge is 0.296 e. The fourth-order valence-electron chi connectivity index (χ4n) is 3.22. The van der Waals surface area contributed by atoms with Crippen LogP contribution in [-0.2, 0) is 18.3 Å². The van der Waals surface area contributed by atoms with Crippen molar-refractivity contribution in [2.75, 3.05) is 0 Å². The molecule has 3 heterocycles. The largest absolute Gasteiger partial charge is 0.369 e. The standard InChI is InChI=1S/C18H14ClN5O2/c1-23-14-8-10(19)2-3-12(14)16-13(9-15(20)25)22-24(18(26)17(16)23)11-4-6-21-7-5-11/h2-8H,9H2,1H3,(H2,20,25). The van der Waals surface area contributed by atoms with Crippen LogP contribution in [-0.4, -0.2) is 25.2 Å². The molecule has 130 valence electrons. The van der Waals surface area contributed by atoms with Crippen LogP contribution in [0.5, 0.6) is 0 Å². The van der Waals surface area contributed by atoms with Crippen LogP contribution in [0.1, 0.15) is 5.69 Å². The van der Waals surface area contributed by atoms with Crippen LogP contribution in [0.15, 0.2) is 47.5 Å². The number of halogens is 1. The van der Waals surface area contributed by atoms with Gasteiger partial charge in [0.1, 0.15) is 5.52 Å². The first-order valence-corrected chi connectivity index (χ1v) is 8.23. The van der Waals surface area contributed by atoms with Crippen molar-refractivity contribution in [3.63, 3.8) is 0 Å². The minimum Gasteiger partial charge on any atom is -0.369 e. The summed E-state index contributed by atoms with van der Waals surface area (Å²) in [4.78, 5) is 28.7. The summed E-state index contributed by atoms with van der Waals surface area (Å²) in [5, 5.41) is 6.40. The van der Waals surface area contributed by atoms with Crippen LogP contribution in [0.3, 0.4) is 0 Å². The van der Waals surface area contributed by atoms with Gasteiger partial charge < -0.3 is 10.3 Å². The van der Waals surface area contributed by atoms with Crippen molar-refractivity contribution in [3.8, 4) is 5.69 Å². The maximum atomic E-state index is 13.2. The molecule has 26 heavy (non-hydrogen) atoms. The Morgan fingerprint density at radius 2 is 1.96 bits per heavy atom. The Morgan fingerprint density at radius 3 is 2.65 bits per heavy atom. The average Bonchev–Trinajstić information content (AvgIpc) is 2.91. The third-order valence-corrected chi connectivity index (χ3v) is 4.55. The molecular formula is C18H14ClN5O2. The van der Waals surface area contributed by atoms with E-state index in [1.165, 1.54) is 4.68 Å². The minimum absolute atomic E-state index is 0.0798. The summed E-state index contributed by atoms with van der Waals surface area (Å²) in [5.41, 5.74) is 7.33. The molecule has 7 nitrogen and oxygen atoms in total. The fourth-order valence-corrected chi connectivity index (χ4v) is 3.38. The Labute approximate surface area is 152 Å². The van der Waals surface area contributed by atoms with Crippen LogP contribution < -0.4 is 11.3 Å². The van der Waals surface area contributed by atoms with Gasteiger partial charge in [-0.25, -0.2) is 0 Å². The zero-order valence-electron chi connectivity index (χ0n) is 13.8. The van der Waals surface area contributed by atoms with E-state index >= 15 is 0 Å². The number of hydrogen-bond donors (Lipinski definition) is 1. The summed E-state index contributed by atoms with van der Waals surface area (Å²) in [5.74, 6) is -0.523. The molecule has 2 N–H and O–H groups in total. The molecule has 0 bridgehead atoms. The number of benzene rings is 1. The number of aromatic nitrogens is 4. The second-order valence-corrected chi connectivity index (χ2v) is 6.39. The third kappa shape index (κ3) is 2.44. The molecule has 3 aromatic heterocycles. The molecule has 0 atom stereocenters. The Balaban J connectivity index is 2.19. The van der Waals surface area contributed by atoms with Crippen molar-refractivity contribution in [1.82, 2.24) is 19.3 Å². The number of pyridine rings is 1. The van der Waals surface area contributed by atoms with E-state index in [9.17, 15) is 9.59 Å². The van der Waals surface area contributed by atoms with Gasteiger partial charge in [-0.05, 0) is 24.3 Å². The zero-order chi connectivity index (χ0) is 18.4. The topological polar surface area (TPSA) is 95.8 Å². The number of primary amides is 1. The van der Waals surface area contributed by atoms with Crippen LogP contribution in [0, 0.1) is 0 Å². The normalized spacial score (nSPS) is 11.3. The van der Waals surface area contributed by atoms with Crippen molar-refractivity contribution in [2.24, 2.45) is 12.8 Å². The number of amides is 1. The van der Waals surface area contributed by atoms with E-state index in [0.29, 0.717) is 27.3 Å². The van der Waals surface area contributed by atoms with Crippen molar-refractivity contribution in [2.45, 2.75) is 6.42 Å². The first-order valence-electron chi connectivity index (χ1n) is 7.86. The fraction of sp³-hybridized carbons (Fsp3) is 0.111. The summed E-state index contributed by atoms with van der Waals surface area (Å²) in [6, 6.07) is 8.69. The van der Waals surface area contributed by atoms with Gasteiger partial charge in [0.15, 0.2) is 0 Å². The molecular weight excluding hydrogens is 354 g/mol. The van der Waals surface area contributed by atoms with Gasteiger partial charge in [0, 0.05) is 35.2 Å². The van der Waals surface area contributed by atoms with E-state index in [1.54, 1.807) is 48.3 Å². The first-order chi connectivity index (χ1) is 12.5. The number of rotatable bonds is 3. The van der Waals surface area contributed by atoms with Crippen molar-refractivity contribution in [1.29, 1.82) is 0 Å². The highest BCUT2D eigenvalue weighted by atomic mass is 35.5. The Morgan fingerprint density at radius 1 is 1.23 bits per heavy atom. The lowest BCUT2D eigenvalue weighted by molar-refractivity contribution is -0.117. The van der Waals surface area contributed by atoms with E-state index in [2.05, 4.69) is 10.1 Å². The van der Waals surface area contributed by atoms with E-state index in [-0.39, 0.29) is 12.0 Å².